The summed E-state index contributed by atoms with van der Waals surface area (Å²) < 4.78 is 5.01. The lowest BCUT2D eigenvalue weighted by Crippen LogP contribution is -2.18. The van der Waals surface area contributed by atoms with Crippen LogP contribution in [-0.2, 0) is 9.53 Å². The van der Waals surface area contributed by atoms with E-state index in [0.29, 0.717) is 18.9 Å². The van der Waals surface area contributed by atoms with Crippen molar-refractivity contribution in [3.05, 3.63) is 0 Å². The Hall–Kier alpha value is -0.530. The first kappa shape index (κ1) is 14.5. The zero-order valence-corrected chi connectivity index (χ0v) is 11.5. The van der Waals surface area contributed by atoms with E-state index < -0.39 is 0 Å². The number of unbranched alkanes of at least 4 members (excludes halogenated alkanes) is 2. The summed E-state index contributed by atoms with van der Waals surface area (Å²) in [6, 6.07) is 0. The third-order valence-electron chi connectivity index (χ3n) is 3.94. The largest absolute Gasteiger partial charge is 0.466 e. The number of carbonyl (C=O) groups is 1. The Bertz CT molecular complexity index is 205. The predicted octanol–water partition coefficient (Wildman–Crippen LogP) is 4.33. The van der Waals surface area contributed by atoms with Gasteiger partial charge in [0.1, 0.15) is 0 Å². The van der Waals surface area contributed by atoms with Crippen molar-refractivity contribution in [2.75, 3.05) is 6.61 Å². The molecule has 0 aromatic rings. The Labute approximate surface area is 106 Å². The SMILES string of the molecule is CCCCC[C@H]1CC[C@H](CC(=O)OCC)CC1. The maximum atomic E-state index is 11.4. The molecule has 0 bridgehead atoms. The van der Waals surface area contributed by atoms with E-state index in [1.165, 1.54) is 51.4 Å². The molecule has 1 aliphatic carbocycles. The van der Waals surface area contributed by atoms with E-state index in [9.17, 15) is 4.79 Å². The van der Waals surface area contributed by atoms with Crippen molar-refractivity contribution >= 4 is 5.97 Å². The monoisotopic (exact) mass is 240 g/mol. The second-order valence-electron chi connectivity index (χ2n) is 5.39. The molecule has 0 aromatic heterocycles. The van der Waals surface area contributed by atoms with E-state index in [1.807, 2.05) is 6.92 Å². The molecular formula is C15H28O2. The van der Waals surface area contributed by atoms with Gasteiger partial charge < -0.3 is 4.74 Å². The van der Waals surface area contributed by atoms with Crippen molar-refractivity contribution < 1.29 is 9.53 Å². The molecule has 0 spiro atoms. The van der Waals surface area contributed by atoms with Gasteiger partial charge in [-0.15, -0.1) is 0 Å². The summed E-state index contributed by atoms with van der Waals surface area (Å²) in [6.45, 7) is 4.66. The van der Waals surface area contributed by atoms with Gasteiger partial charge >= 0.3 is 5.97 Å². The standard InChI is InChI=1S/C15H28O2/c1-3-5-6-7-13-8-10-14(11-9-13)12-15(16)17-4-2/h13-14H,3-12H2,1-2H3/t13-,14-. The van der Waals surface area contributed by atoms with E-state index >= 15 is 0 Å². The molecule has 0 aromatic carbocycles. The van der Waals surface area contributed by atoms with Gasteiger partial charge in [-0.2, -0.15) is 0 Å². The number of esters is 1. The molecular weight excluding hydrogens is 212 g/mol. The molecule has 100 valence electrons. The Morgan fingerprint density at radius 3 is 2.29 bits per heavy atom. The van der Waals surface area contributed by atoms with Crippen molar-refractivity contribution in [2.24, 2.45) is 11.8 Å². The van der Waals surface area contributed by atoms with Crippen molar-refractivity contribution in [1.29, 1.82) is 0 Å². The third-order valence-corrected chi connectivity index (χ3v) is 3.94. The van der Waals surface area contributed by atoms with Crippen LogP contribution in [0.5, 0.6) is 0 Å². The van der Waals surface area contributed by atoms with Crippen LogP contribution in [0.25, 0.3) is 0 Å². The van der Waals surface area contributed by atoms with Crippen LogP contribution in [0.15, 0.2) is 0 Å². The minimum atomic E-state index is 0.00179. The molecule has 0 heterocycles. The average Bonchev–Trinajstić information content (AvgIpc) is 2.32. The zero-order valence-electron chi connectivity index (χ0n) is 11.5. The van der Waals surface area contributed by atoms with Gasteiger partial charge in [-0.1, -0.05) is 45.4 Å². The summed E-state index contributed by atoms with van der Waals surface area (Å²) in [4.78, 5) is 11.4. The van der Waals surface area contributed by atoms with Crippen LogP contribution in [0.2, 0.25) is 0 Å². The van der Waals surface area contributed by atoms with Crippen molar-refractivity contribution in [3.8, 4) is 0 Å². The Balaban J connectivity index is 2.10. The first-order chi connectivity index (χ1) is 8.26. The third kappa shape index (κ3) is 6.09. The van der Waals surface area contributed by atoms with Gasteiger partial charge in [-0.25, -0.2) is 0 Å². The van der Waals surface area contributed by atoms with E-state index in [-0.39, 0.29) is 5.97 Å². The Morgan fingerprint density at radius 2 is 1.71 bits per heavy atom. The van der Waals surface area contributed by atoms with Gasteiger partial charge in [0.15, 0.2) is 0 Å². The van der Waals surface area contributed by atoms with E-state index in [4.69, 9.17) is 4.74 Å². The normalized spacial score (nSPS) is 24.6. The van der Waals surface area contributed by atoms with Crippen LogP contribution < -0.4 is 0 Å². The van der Waals surface area contributed by atoms with Crippen molar-refractivity contribution in [3.63, 3.8) is 0 Å². The van der Waals surface area contributed by atoms with E-state index in [1.54, 1.807) is 0 Å². The lowest BCUT2D eigenvalue weighted by atomic mass is 9.78. The van der Waals surface area contributed by atoms with Gasteiger partial charge in [-0.05, 0) is 31.6 Å². The van der Waals surface area contributed by atoms with Crippen molar-refractivity contribution in [2.45, 2.75) is 71.6 Å². The summed E-state index contributed by atoms with van der Waals surface area (Å²) in [5, 5.41) is 0. The molecule has 0 radical (unpaired) electrons. The second kappa shape index (κ2) is 8.54. The van der Waals surface area contributed by atoms with Crippen LogP contribution in [-0.4, -0.2) is 12.6 Å². The highest BCUT2D eigenvalue weighted by atomic mass is 16.5. The maximum Gasteiger partial charge on any atom is 0.306 e. The van der Waals surface area contributed by atoms with Gasteiger partial charge in [0.2, 0.25) is 0 Å². The van der Waals surface area contributed by atoms with Crippen molar-refractivity contribution in [1.82, 2.24) is 0 Å². The van der Waals surface area contributed by atoms with Crippen LogP contribution in [0.3, 0.4) is 0 Å². The van der Waals surface area contributed by atoms with Gasteiger partial charge in [0.25, 0.3) is 0 Å². The fraction of sp³-hybridized carbons (Fsp3) is 0.933. The molecule has 0 N–H and O–H groups in total. The molecule has 0 aliphatic heterocycles. The number of ether oxygens (including phenoxy) is 1. The Morgan fingerprint density at radius 1 is 1.06 bits per heavy atom. The molecule has 1 rings (SSSR count). The highest BCUT2D eigenvalue weighted by molar-refractivity contribution is 5.69. The minimum absolute atomic E-state index is 0.00179. The minimum Gasteiger partial charge on any atom is -0.466 e. The molecule has 0 unspecified atom stereocenters. The number of carbonyl (C=O) groups excluding carboxylic acids is 1. The highest BCUT2D eigenvalue weighted by Gasteiger charge is 2.23. The molecule has 0 atom stereocenters. The molecule has 0 amide bonds. The van der Waals surface area contributed by atoms with E-state index in [2.05, 4.69) is 6.92 Å². The number of hydrogen-bond acceptors (Lipinski definition) is 2. The molecule has 1 fully saturated rings. The number of rotatable bonds is 7. The van der Waals surface area contributed by atoms with Gasteiger partial charge in [0.05, 0.1) is 6.61 Å². The topological polar surface area (TPSA) is 26.3 Å². The lowest BCUT2D eigenvalue weighted by molar-refractivity contribution is -0.144. The average molecular weight is 240 g/mol. The molecule has 2 heteroatoms. The van der Waals surface area contributed by atoms with Crippen LogP contribution >= 0.6 is 0 Å². The fourth-order valence-corrected chi connectivity index (χ4v) is 2.86. The zero-order chi connectivity index (χ0) is 12.5. The first-order valence-corrected chi connectivity index (χ1v) is 7.41. The van der Waals surface area contributed by atoms with Gasteiger partial charge in [0, 0.05) is 6.42 Å². The fourth-order valence-electron chi connectivity index (χ4n) is 2.86. The van der Waals surface area contributed by atoms with Crippen LogP contribution in [0.4, 0.5) is 0 Å². The summed E-state index contributed by atoms with van der Waals surface area (Å²) in [5.41, 5.74) is 0. The molecule has 0 saturated heterocycles. The predicted molar refractivity (Wildman–Crippen MR) is 70.8 cm³/mol. The first-order valence-electron chi connectivity index (χ1n) is 7.41. The molecule has 2 nitrogen and oxygen atoms in total. The van der Waals surface area contributed by atoms with Gasteiger partial charge in [-0.3, -0.25) is 4.79 Å². The molecule has 1 saturated carbocycles. The lowest BCUT2D eigenvalue weighted by Gasteiger charge is -2.27. The van der Waals surface area contributed by atoms with E-state index in [0.717, 1.165) is 5.92 Å². The Kier molecular flexibility index (Phi) is 7.30. The quantitative estimate of drug-likeness (QED) is 0.489. The second-order valence-corrected chi connectivity index (χ2v) is 5.39. The highest BCUT2D eigenvalue weighted by Crippen LogP contribution is 2.33. The molecule has 17 heavy (non-hydrogen) atoms. The summed E-state index contributed by atoms with van der Waals surface area (Å²) in [5.74, 6) is 1.53. The van der Waals surface area contributed by atoms with Crippen LogP contribution in [0.1, 0.15) is 71.6 Å². The molecule has 1 aliphatic rings. The summed E-state index contributed by atoms with van der Waals surface area (Å²) in [7, 11) is 0. The maximum absolute atomic E-state index is 11.4. The summed E-state index contributed by atoms with van der Waals surface area (Å²) >= 11 is 0. The smallest absolute Gasteiger partial charge is 0.306 e. The number of hydrogen-bond donors (Lipinski definition) is 0. The summed E-state index contributed by atoms with van der Waals surface area (Å²) in [6.07, 6.45) is 11.3. The van der Waals surface area contributed by atoms with Crippen LogP contribution in [0, 0.1) is 11.8 Å².